The van der Waals surface area contributed by atoms with Crippen LogP contribution in [0.1, 0.15) is 5.69 Å². The molecule has 0 saturated heterocycles. The van der Waals surface area contributed by atoms with Gasteiger partial charge in [0.05, 0.1) is 15.7 Å². The molecular weight excluding hydrogens is 301 g/mol. The number of benzene rings is 1. The number of halogens is 2. The van der Waals surface area contributed by atoms with E-state index >= 15 is 0 Å². The van der Waals surface area contributed by atoms with Crippen LogP contribution < -0.4 is 5.32 Å². The molecule has 3 nitrogen and oxygen atoms in total. The van der Waals surface area contributed by atoms with Gasteiger partial charge in [0.15, 0.2) is 0 Å². The number of hydrogen-bond donors (Lipinski definition) is 1. The minimum absolute atomic E-state index is 0.700. The molecule has 0 spiro atoms. The average Bonchev–Trinajstić information content (AvgIpc) is 2.42. The number of thioether (sulfide) groups is 1. The normalized spacial score (nSPS) is 10.6. The van der Waals surface area contributed by atoms with E-state index in [0.29, 0.717) is 16.6 Å². The van der Waals surface area contributed by atoms with E-state index < -0.39 is 0 Å². The van der Waals surface area contributed by atoms with Crippen molar-refractivity contribution in [3.05, 3.63) is 52.5 Å². The zero-order chi connectivity index (χ0) is 13.5. The Bertz CT molecular complexity index is 502. The molecule has 6 heteroatoms. The predicted molar refractivity (Wildman–Crippen MR) is 80.9 cm³/mol. The zero-order valence-electron chi connectivity index (χ0n) is 10.1. The first kappa shape index (κ1) is 14.6. The van der Waals surface area contributed by atoms with Crippen LogP contribution >= 0.6 is 35.0 Å². The highest BCUT2D eigenvalue weighted by Crippen LogP contribution is 2.33. The van der Waals surface area contributed by atoms with Crippen LogP contribution in [0.5, 0.6) is 0 Å². The summed E-state index contributed by atoms with van der Waals surface area (Å²) in [5, 5.41) is 4.70. The van der Waals surface area contributed by atoms with Crippen molar-refractivity contribution in [1.29, 1.82) is 0 Å². The van der Waals surface area contributed by atoms with Crippen molar-refractivity contribution >= 4 is 35.0 Å². The van der Waals surface area contributed by atoms with Gasteiger partial charge in [-0.25, -0.2) is 0 Å². The summed E-state index contributed by atoms with van der Waals surface area (Å²) in [6, 6.07) is 5.55. The lowest BCUT2D eigenvalue weighted by Gasteiger charge is -2.07. The van der Waals surface area contributed by atoms with Crippen LogP contribution in [-0.2, 0) is 6.54 Å². The van der Waals surface area contributed by atoms with Gasteiger partial charge in [0.1, 0.15) is 0 Å². The molecule has 0 radical (unpaired) electrons. The molecule has 0 saturated carbocycles. The quantitative estimate of drug-likeness (QED) is 0.652. The molecule has 2 rings (SSSR count). The fourth-order valence-corrected chi connectivity index (χ4v) is 3.07. The SMILES string of the molecule is Clc1cccc(Cl)c1SCCNCc1cnccn1. The zero-order valence-corrected chi connectivity index (χ0v) is 12.5. The molecule has 0 aliphatic carbocycles. The number of nitrogens with zero attached hydrogens (tertiary/aromatic N) is 2. The second-order valence-electron chi connectivity index (χ2n) is 3.77. The van der Waals surface area contributed by atoms with Gasteiger partial charge in [-0.1, -0.05) is 29.3 Å². The molecule has 0 fully saturated rings. The summed E-state index contributed by atoms with van der Waals surface area (Å²) in [5.41, 5.74) is 0.934. The standard InChI is InChI=1S/C13H13Cl2N3S/c14-11-2-1-3-12(15)13(11)19-7-6-17-9-10-8-16-4-5-18-10/h1-5,8,17H,6-7,9H2. The Kier molecular flexibility index (Phi) is 5.92. The van der Waals surface area contributed by atoms with E-state index in [9.17, 15) is 0 Å². The monoisotopic (exact) mass is 313 g/mol. The predicted octanol–water partition coefficient (Wildman–Crippen LogP) is 3.67. The molecule has 2 aromatic rings. The third-order valence-corrected chi connectivity index (χ3v) is 4.36. The van der Waals surface area contributed by atoms with Crippen molar-refractivity contribution in [1.82, 2.24) is 15.3 Å². The topological polar surface area (TPSA) is 37.8 Å². The van der Waals surface area contributed by atoms with Gasteiger partial charge in [0.25, 0.3) is 0 Å². The van der Waals surface area contributed by atoms with E-state index in [2.05, 4.69) is 15.3 Å². The highest BCUT2D eigenvalue weighted by Gasteiger charge is 2.05. The van der Waals surface area contributed by atoms with E-state index in [1.165, 1.54) is 0 Å². The summed E-state index contributed by atoms with van der Waals surface area (Å²) in [6.07, 6.45) is 5.11. The second kappa shape index (κ2) is 7.70. The van der Waals surface area contributed by atoms with E-state index in [1.807, 2.05) is 18.2 Å². The molecule has 0 atom stereocenters. The first-order valence-electron chi connectivity index (χ1n) is 5.80. The maximum atomic E-state index is 6.09. The maximum Gasteiger partial charge on any atom is 0.0724 e. The van der Waals surface area contributed by atoms with Crippen molar-refractivity contribution in [2.75, 3.05) is 12.3 Å². The van der Waals surface area contributed by atoms with Crippen LogP contribution in [0.4, 0.5) is 0 Å². The van der Waals surface area contributed by atoms with Gasteiger partial charge in [-0.15, -0.1) is 11.8 Å². The fraction of sp³-hybridized carbons (Fsp3) is 0.231. The van der Waals surface area contributed by atoms with Crippen molar-refractivity contribution in [2.45, 2.75) is 11.4 Å². The summed E-state index contributed by atoms with van der Waals surface area (Å²) in [7, 11) is 0. The molecule has 1 aromatic heterocycles. The van der Waals surface area contributed by atoms with Gasteiger partial charge in [-0.05, 0) is 12.1 Å². The summed E-state index contributed by atoms with van der Waals surface area (Å²) in [5.74, 6) is 0.893. The van der Waals surface area contributed by atoms with Crippen LogP contribution in [-0.4, -0.2) is 22.3 Å². The van der Waals surface area contributed by atoms with Crippen molar-refractivity contribution in [3.63, 3.8) is 0 Å². The van der Waals surface area contributed by atoms with Crippen LogP contribution in [0, 0.1) is 0 Å². The second-order valence-corrected chi connectivity index (χ2v) is 5.69. The molecule has 19 heavy (non-hydrogen) atoms. The fourth-order valence-electron chi connectivity index (χ4n) is 1.48. The van der Waals surface area contributed by atoms with Gasteiger partial charge in [-0.3, -0.25) is 9.97 Å². The Hall–Kier alpha value is -0.810. The molecule has 0 bridgehead atoms. The molecular formula is C13H13Cl2N3S. The molecule has 1 heterocycles. The largest absolute Gasteiger partial charge is 0.310 e. The molecule has 0 unspecified atom stereocenters. The number of nitrogens with one attached hydrogen (secondary N) is 1. The van der Waals surface area contributed by atoms with E-state index in [-0.39, 0.29) is 0 Å². The van der Waals surface area contributed by atoms with Crippen LogP contribution in [0.2, 0.25) is 10.0 Å². The first-order chi connectivity index (χ1) is 9.27. The Morgan fingerprint density at radius 1 is 1.16 bits per heavy atom. The summed E-state index contributed by atoms with van der Waals surface area (Å²) in [6.45, 7) is 1.56. The lowest BCUT2D eigenvalue weighted by atomic mass is 10.4. The summed E-state index contributed by atoms with van der Waals surface area (Å²) >= 11 is 13.8. The van der Waals surface area contributed by atoms with Crippen molar-refractivity contribution in [2.24, 2.45) is 0 Å². The van der Waals surface area contributed by atoms with Crippen molar-refractivity contribution in [3.8, 4) is 0 Å². The highest BCUT2D eigenvalue weighted by atomic mass is 35.5. The molecule has 0 aliphatic rings. The van der Waals surface area contributed by atoms with Gasteiger partial charge in [-0.2, -0.15) is 0 Å². The minimum atomic E-state index is 0.700. The van der Waals surface area contributed by atoms with Gasteiger partial charge >= 0.3 is 0 Å². The maximum absolute atomic E-state index is 6.09. The molecule has 0 aliphatic heterocycles. The minimum Gasteiger partial charge on any atom is -0.310 e. The molecule has 100 valence electrons. The van der Waals surface area contributed by atoms with E-state index in [4.69, 9.17) is 23.2 Å². The number of rotatable bonds is 6. The Labute approximate surface area is 126 Å². The lowest BCUT2D eigenvalue weighted by molar-refractivity contribution is 0.711. The highest BCUT2D eigenvalue weighted by molar-refractivity contribution is 7.99. The Morgan fingerprint density at radius 3 is 2.63 bits per heavy atom. The first-order valence-corrected chi connectivity index (χ1v) is 7.54. The van der Waals surface area contributed by atoms with Gasteiger partial charge in [0.2, 0.25) is 0 Å². The van der Waals surface area contributed by atoms with E-state index in [0.717, 1.165) is 22.9 Å². The average molecular weight is 314 g/mol. The molecule has 1 aromatic carbocycles. The molecule has 1 N–H and O–H groups in total. The smallest absolute Gasteiger partial charge is 0.0724 e. The third kappa shape index (κ3) is 4.66. The summed E-state index contributed by atoms with van der Waals surface area (Å²) < 4.78 is 0. The molecule has 0 amide bonds. The van der Waals surface area contributed by atoms with Crippen LogP contribution in [0.15, 0.2) is 41.7 Å². The Morgan fingerprint density at radius 2 is 1.95 bits per heavy atom. The van der Waals surface area contributed by atoms with Crippen molar-refractivity contribution < 1.29 is 0 Å². The van der Waals surface area contributed by atoms with Gasteiger partial charge in [0, 0.05) is 42.3 Å². The number of hydrogen-bond acceptors (Lipinski definition) is 4. The lowest BCUT2D eigenvalue weighted by Crippen LogP contribution is -2.17. The van der Waals surface area contributed by atoms with E-state index in [1.54, 1.807) is 30.4 Å². The number of aromatic nitrogens is 2. The Balaban J connectivity index is 1.73. The van der Waals surface area contributed by atoms with Gasteiger partial charge < -0.3 is 5.32 Å². The summed E-state index contributed by atoms with van der Waals surface area (Å²) in [4.78, 5) is 9.14. The van der Waals surface area contributed by atoms with Crippen LogP contribution in [0.3, 0.4) is 0 Å². The third-order valence-electron chi connectivity index (χ3n) is 2.37. The van der Waals surface area contributed by atoms with Crippen LogP contribution in [0.25, 0.3) is 0 Å².